The molecule has 5 nitrogen and oxygen atoms in total. The van der Waals surface area contributed by atoms with Crippen molar-refractivity contribution in [1.29, 1.82) is 0 Å². The molecule has 0 aliphatic carbocycles. The fraction of sp³-hybridized carbons (Fsp3) is 0.286. The average molecular weight is 383 g/mol. The van der Waals surface area contributed by atoms with Crippen LogP contribution in [0.1, 0.15) is 5.56 Å². The van der Waals surface area contributed by atoms with E-state index in [1.807, 2.05) is 36.5 Å². The lowest BCUT2D eigenvalue weighted by atomic mass is 10.1. The SMILES string of the molecule is CN1CCN(c2ccc(NC(=O)Cc3c[nH]c4ccc(Cl)cc34)cc2)CC1. The van der Waals surface area contributed by atoms with Gasteiger partial charge in [-0.2, -0.15) is 0 Å². The van der Waals surface area contributed by atoms with Crippen LogP contribution in [0.5, 0.6) is 0 Å². The summed E-state index contributed by atoms with van der Waals surface area (Å²) in [7, 11) is 2.15. The summed E-state index contributed by atoms with van der Waals surface area (Å²) >= 11 is 6.08. The lowest BCUT2D eigenvalue weighted by Crippen LogP contribution is -2.44. The Bertz CT molecular complexity index is 942. The number of aromatic nitrogens is 1. The minimum Gasteiger partial charge on any atom is -0.369 e. The van der Waals surface area contributed by atoms with Gasteiger partial charge in [0.1, 0.15) is 0 Å². The zero-order chi connectivity index (χ0) is 18.8. The van der Waals surface area contributed by atoms with Gasteiger partial charge in [-0.25, -0.2) is 0 Å². The molecule has 1 aliphatic rings. The van der Waals surface area contributed by atoms with Gasteiger partial charge in [-0.1, -0.05) is 11.6 Å². The standard InChI is InChI=1S/C21H23ClN4O/c1-25-8-10-26(11-9-25)18-5-3-17(4-6-18)24-21(27)12-15-14-23-20-7-2-16(22)13-19(15)20/h2-7,13-14,23H,8-12H2,1H3,(H,24,27). The van der Waals surface area contributed by atoms with E-state index in [-0.39, 0.29) is 5.91 Å². The van der Waals surface area contributed by atoms with Gasteiger partial charge in [-0.05, 0) is 55.1 Å². The van der Waals surface area contributed by atoms with E-state index in [2.05, 4.69) is 39.3 Å². The maximum atomic E-state index is 12.5. The van der Waals surface area contributed by atoms with Crippen LogP contribution in [-0.4, -0.2) is 49.0 Å². The van der Waals surface area contributed by atoms with Crippen LogP contribution in [0, 0.1) is 0 Å². The molecule has 1 aliphatic heterocycles. The normalized spacial score (nSPS) is 15.3. The van der Waals surface area contributed by atoms with Crippen molar-refractivity contribution in [1.82, 2.24) is 9.88 Å². The van der Waals surface area contributed by atoms with Crippen molar-refractivity contribution in [2.24, 2.45) is 0 Å². The first-order valence-electron chi connectivity index (χ1n) is 9.17. The molecule has 0 atom stereocenters. The lowest BCUT2D eigenvalue weighted by molar-refractivity contribution is -0.115. The number of benzene rings is 2. The number of piperazine rings is 1. The summed E-state index contributed by atoms with van der Waals surface area (Å²) in [4.78, 5) is 20.4. The molecule has 1 amide bonds. The van der Waals surface area contributed by atoms with Crippen molar-refractivity contribution in [2.75, 3.05) is 43.4 Å². The number of likely N-dealkylation sites (N-methyl/N-ethyl adjacent to an activating group) is 1. The van der Waals surface area contributed by atoms with Crippen molar-refractivity contribution in [3.8, 4) is 0 Å². The predicted octanol–water partition coefficient (Wildman–Crippen LogP) is 3.75. The van der Waals surface area contributed by atoms with Crippen LogP contribution in [0.2, 0.25) is 5.02 Å². The van der Waals surface area contributed by atoms with Crippen LogP contribution in [0.4, 0.5) is 11.4 Å². The number of hydrogen-bond acceptors (Lipinski definition) is 3. The van der Waals surface area contributed by atoms with Crippen molar-refractivity contribution in [3.63, 3.8) is 0 Å². The number of amides is 1. The zero-order valence-corrected chi connectivity index (χ0v) is 16.1. The van der Waals surface area contributed by atoms with Gasteiger partial charge in [0.25, 0.3) is 0 Å². The summed E-state index contributed by atoms with van der Waals surface area (Å²) in [5, 5.41) is 4.64. The second kappa shape index (κ2) is 7.62. The third-order valence-electron chi connectivity index (χ3n) is 5.10. The lowest BCUT2D eigenvalue weighted by Gasteiger charge is -2.34. The molecule has 0 saturated carbocycles. The highest BCUT2D eigenvalue weighted by Gasteiger charge is 2.14. The quantitative estimate of drug-likeness (QED) is 0.722. The highest BCUT2D eigenvalue weighted by molar-refractivity contribution is 6.31. The summed E-state index contributed by atoms with van der Waals surface area (Å²) in [5.74, 6) is -0.0387. The van der Waals surface area contributed by atoms with Crippen LogP contribution >= 0.6 is 11.6 Å². The highest BCUT2D eigenvalue weighted by Crippen LogP contribution is 2.23. The van der Waals surface area contributed by atoms with Gasteiger partial charge in [0, 0.05) is 59.7 Å². The van der Waals surface area contributed by atoms with Crippen molar-refractivity contribution >= 4 is 39.8 Å². The number of fused-ring (bicyclic) bond motifs is 1. The predicted molar refractivity (Wildman–Crippen MR) is 112 cm³/mol. The first kappa shape index (κ1) is 17.9. The largest absolute Gasteiger partial charge is 0.369 e. The van der Waals surface area contributed by atoms with E-state index in [0.29, 0.717) is 11.4 Å². The maximum absolute atomic E-state index is 12.5. The molecule has 0 unspecified atom stereocenters. The molecule has 3 aromatic rings. The van der Waals surface area contributed by atoms with Crippen LogP contribution in [0.3, 0.4) is 0 Å². The second-order valence-electron chi connectivity index (χ2n) is 7.07. The minimum absolute atomic E-state index is 0.0387. The second-order valence-corrected chi connectivity index (χ2v) is 7.50. The maximum Gasteiger partial charge on any atom is 0.228 e. The number of nitrogens with one attached hydrogen (secondary N) is 2. The molecule has 0 spiro atoms. The number of nitrogens with zero attached hydrogens (tertiary/aromatic N) is 2. The Morgan fingerprint density at radius 3 is 2.59 bits per heavy atom. The minimum atomic E-state index is -0.0387. The molecule has 6 heteroatoms. The van der Waals surface area contributed by atoms with Crippen molar-refractivity contribution < 1.29 is 4.79 Å². The molecule has 140 valence electrons. The summed E-state index contributed by atoms with van der Waals surface area (Å²) in [6.45, 7) is 4.22. The van der Waals surface area contributed by atoms with Gasteiger partial charge in [0.05, 0.1) is 6.42 Å². The molecular weight excluding hydrogens is 360 g/mol. The van der Waals surface area contributed by atoms with Gasteiger partial charge >= 0.3 is 0 Å². The average Bonchev–Trinajstić information content (AvgIpc) is 3.05. The molecule has 1 saturated heterocycles. The van der Waals surface area contributed by atoms with Crippen molar-refractivity contribution in [3.05, 3.63) is 59.2 Å². The monoisotopic (exact) mass is 382 g/mol. The summed E-state index contributed by atoms with van der Waals surface area (Å²) in [5.41, 5.74) is 3.95. The Kier molecular flexibility index (Phi) is 5.05. The van der Waals surface area contributed by atoms with Crippen LogP contribution in [0.25, 0.3) is 10.9 Å². The number of carbonyl (C=O) groups excluding carboxylic acids is 1. The van der Waals surface area contributed by atoms with Gasteiger partial charge in [0.15, 0.2) is 0 Å². The van der Waals surface area contributed by atoms with E-state index >= 15 is 0 Å². The number of aromatic amines is 1. The van der Waals surface area contributed by atoms with Gasteiger partial charge in [-0.3, -0.25) is 4.79 Å². The van der Waals surface area contributed by atoms with Gasteiger partial charge in [0.2, 0.25) is 5.91 Å². The Morgan fingerprint density at radius 2 is 1.85 bits per heavy atom. The smallest absolute Gasteiger partial charge is 0.228 e. The molecule has 4 rings (SSSR count). The Balaban J connectivity index is 1.40. The molecule has 0 radical (unpaired) electrons. The molecule has 2 aromatic carbocycles. The molecule has 2 N–H and O–H groups in total. The number of rotatable bonds is 4. The fourth-order valence-electron chi connectivity index (χ4n) is 3.50. The number of anilines is 2. The summed E-state index contributed by atoms with van der Waals surface area (Å²) in [6, 6.07) is 13.7. The van der Waals surface area contributed by atoms with E-state index in [4.69, 9.17) is 11.6 Å². The molecule has 2 heterocycles. The first-order chi connectivity index (χ1) is 13.1. The van der Waals surface area contributed by atoms with Gasteiger partial charge < -0.3 is 20.1 Å². The zero-order valence-electron chi connectivity index (χ0n) is 15.3. The number of halogens is 1. The van der Waals surface area contributed by atoms with E-state index < -0.39 is 0 Å². The first-order valence-corrected chi connectivity index (χ1v) is 9.55. The Morgan fingerprint density at radius 1 is 1.11 bits per heavy atom. The number of carbonyl (C=O) groups is 1. The fourth-order valence-corrected chi connectivity index (χ4v) is 3.67. The van der Waals surface area contributed by atoms with Gasteiger partial charge in [-0.15, -0.1) is 0 Å². The third-order valence-corrected chi connectivity index (χ3v) is 5.34. The van der Waals surface area contributed by atoms with Crippen molar-refractivity contribution in [2.45, 2.75) is 6.42 Å². The number of H-pyrrole nitrogens is 1. The van der Waals surface area contributed by atoms with E-state index in [1.165, 1.54) is 5.69 Å². The third kappa shape index (κ3) is 4.10. The van der Waals surface area contributed by atoms with Crippen LogP contribution in [0.15, 0.2) is 48.7 Å². The molecule has 27 heavy (non-hydrogen) atoms. The Labute approximate surface area is 163 Å². The molecular formula is C21H23ClN4O. The highest BCUT2D eigenvalue weighted by atomic mass is 35.5. The topological polar surface area (TPSA) is 51.4 Å². The molecule has 1 aromatic heterocycles. The summed E-state index contributed by atoms with van der Waals surface area (Å²) < 4.78 is 0. The summed E-state index contributed by atoms with van der Waals surface area (Å²) in [6.07, 6.45) is 2.18. The van der Waals surface area contributed by atoms with E-state index in [1.54, 1.807) is 0 Å². The van der Waals surface area contributed by atoms with E-state index in [9.17, 15) is 4.79 Å². The van der Waals surface area contributed by atoms with Crippen LogP contribution < -0.4 is 10.2 Å². The molecule has 1 fully saturated rings. The Hall–Kier alpha value is -2.50. The molecule has 0 bridgehead atoms. The van der Waals surface area contributed by atoms with E-state index in [0.717, 1.165) is 48.3 Å². The number of hydrogen-bond donors (Lipinski definition) is 2. The van der Waals surface area contributed by atoms with Crippen LogP contribution in [-0.2, 0) is 11.2 Å².